The van der Waals surface area contributed by atoms with Gasteiger partial charge in [0.2, 0.25) is 5.91 Å². The molecule has 1 N–H and O–H groups in total. The Labute approximate surface area is 225 Å². The number of amides is 1. The van der Waals surface area contributed by atoms with Crippen LogP contribution in [0.1, 0.15) is 21.5 Å². The van der Waals surface area contributed by atoms with Crippen LogP contribution in [0.25, 0.3) is 0 Å². The van der Waals surface area contributed by atoms with Gasteiger partial charge in [0.1, 0.15) is 6.54 Å². The van der Waals surface area contributed by atoms with E-state index in [9.17, 15) is 18.0 Å². The van der Waals surface area contributed by atoms with E-state index in [0.29, 0.717) is 21.3 Å². The molecule has 0 aliphatic heterocycles. The fourth-order valence-corrected chi connectivity index (χ4v) is 5.36. The first-order chi connectivity index (χ1) is 17.6. The topological polar surface area (TPSA) is 83.6 Å². The molecular weight excluding hydrogens is 531 g/mol. The molecule has 0 heterocycles. The maximum atomic E-state index is 13.6. The number of nitrogens with zero attached hydrogens (tertiary/aromatic N) is 1. The van der Waals surface area contributed by atoms with Gasteiger partial charge in [0.05, 0.1) is 16.3 Å². The van der Waals surface area contributed by atoms with Gasteiger partial charge in [-0.25, -0.2) is 8.42 Å². The maximum Gasteiger partial charge on any atom is 0.264 e. The first-order valence-electron chi connectivity index (χ1n) is 11.2. The highest BCUT2D eigenvalue weighted by molar-refractivity contribution is 7.92. The van der Waals surface area contributed by atoms with Crippen LogP contribution in [0.5, 0.6) is 0 Å². The summed E-state index contributed by atoms with van der Waals surface area (Å²) in [7, 11) is -4.12. The molecule has 0 saturated carbocycles. The third kappa shape index (κ3) is 6.20. The van der Waals surface area contributed by atoms with Gasteiger partial charge in [-0.2, -0.15) is 0 Å². The van der Waals surface area contributed by atoms with Crippen LogP contribution in [0.3, 0.4) is 0 Å². The second-order valence-corrected chi connectivity index (χ2v) is 11.0. The molecule has 4 rings (SSSR count). The Morgan fingerprint density at radius 3 is 2.08 bits per heavy atom. The normalized spacial score (nSPS) is 11.1. The van der Waals surface area contributed by atoms with Gasteiger partial charge in [0, 0.05) is 21.2 Å². The number of aryl methyl sites for hydroxylation is 1. The summed E-state index contributed by atoms with van der Waals surface area (Å²) in [4.78, 5) is 26.3. The molecule has 0 unspecified atom stereocenters. The zero-order valence-electron chi connectivity index (χ0n) is 19.7. The molecule has 0 radical (unpaired) electrons. The number of rotatable bonds is 8. The second kappa shape index (κ2) is 11.2. The Bertz CT molecular complexity index is 1540. The van der Waals surface area contributed by atoms with Gasteiger partial charge in [0.15, 0.2) is 5.78 Å². The molecule has 9 heteroatoms. The minimum Gasteiger partial charge on any atom is -0.324 e. The van der Waals surface area contributed by atoms with Gasteiger partial charge in [-0.15, -0.1) is 0 Å². The van der Waals surface area contributed by atoms with Crippen molar-refractivity contribution in [3.05, 3.63) is 124 Å². The smallest absolute Gasteiger partial charge is 0.264 e. The molecule has 37 heavy (non-hydrogen) atoms. The molecule has 0 atom stereocenters. The van der Waals surface area contributed by atoms with E-state index in [2.05, 4.69) is 5.32 Å². The molecule has 0 aliphatic carbocycles. The molecule has 0 aromatic heterocycles. The zero-order valence-corrected chi connectivity index (χ0v) is 22.0. The molecule has 0 spiro atoms. The van der Waals surface area contributed by atoms with Crippen molar-refractivity contribution in [1.29, 1.82) is 0 Å². The average molecular weight is 553 g/mol. The third-order valence-corrected chi connectivity index (χ3v) is 7.82. The monoisotopic (exact) mass is 552 g/mol. The highest BCUT2D eigenvalue weighted by atomic mass is 35.5. The van der Waals surface area contributed by atoms with Crippen molar-refractivity contribution >= 4 is 56.3 Å². The summed E-state index contributed by atoms with van der Waals surface area (Å²) < 4.78 is 28.1. The minimum absolute atomic E-state index is 0.0169. The number of hydrogen-bond donors (Lipinski definition) is 1. The van der Waals surface area contributed by atoms with Crippen LogP contribution < -0.4 is 9.62 Å². The summed E-state index contributed by atoms with van der Waals surface area (Å²) in [6.45, 7) is 1.34. The maximum absolute atomic E-state index is 13.6. The van der Waals surface area contributed by atoms with Gasteiger partial charge < -0.3 is 5.32 Å². The van der Waals surface area contributed by atoms with Gasteiger partial charge in [-0.1, -0.05) is 71.2 Å². The number of halogens is 2. The lowest BCUT2D eigenvalue weighted by molar-refractivity contribution is -0.114. The predicted octanol–water partition coefficient (Wildman–Crippen LogP) is 6.37. The molecular formula is C28H22Cl2N2O4S. The van der Waals surface area contributed by atoms with Crippen molar-refractivity contribution in [3.63, 3.8) is 0 Å². The summed E-state index contributed by atoms with van der Waals surface area (Å²) in [6, 6.07) is 25.6. The Hall–Kier alpha value is -3.65. The van der Waals surface area contributed by atoms with Crippen molar-refractivity contribution in [2.75, 3.05) is 16.2 Å². The Morgan fingerprint density at radius 2 is 1.43 bits per heavy atom. The van der Waals surface area contributed by atoms with Gasteiger partial charge >= 0.3 is 0 Å². The molecule has 0 saturated heterocycles. The quantitative estimate of drug-likeness (QED) is 0.257. The summed E-state index contributed by atoms with van der Waals surface area (Å²) in [5.41, 5.74) is 2.08. The molecule has 6 nitrogen and oxygen atoms in total. The first-order valence-corrected chi connectivity index (χ1v) is 13.4. The molecule has 0 fully saturated rings. The van der Waals surface area contributed by atoms with E-state index >= 15 is 0 Å². The summed E-state index contributed by atoms with van der Waals surface area (Å²) >= 11 is 12.1. The predicted molar refractivity (Wildman–Crippen MR) is 147 cm³/mol. The molecule has 0 aliphatic rings. The van der Waals surface area contributed by atoms with Crippen LogP contribution in [-0.2, 0) is 14.8 Å². The number of carbonyl (C=O) groups excluding carboxylic acids is 2. The number of nitrogens with one attached hydrogen (secondary N) is 1. The van der Waals surface area contributed by atoms with Crippen LogP contribution in [0.2, 0.25) is 10.0 Å². The fraction of sp³-hybridized carbons (Fsp3) is 0.0714. The van der Waals surface area contributed by atoms with E-state index in [4.69, 9.17) is 23.2 Å². The van der Waals surface area contributed by atoms with Crippen LogP contribution in [0.15, 0.2) is 102 Å². The Morgan fingerprint density at radius 1 is 0.811 bits per heavy atom. The summed E-state index contributed by atoms with van der Waals surface area (Å²) in [6.07, 6.45) is 0. The summed E-state index contributed by atoms with van der Waals surface area (Å²) in [5, 5.41) is 3.40. The largest absolute Gasteiger partial charge is 0.324 e. The van der Waals surface area contributed by atoms with Gasteiger partial charge in [0.25, 0.3) is 10.0 Å². The molecule has 1 amide bonds. The second-order valence-electron chi connectivity index (χ2n) is 8.23. The number of hydrogen-bond acceptors (Lipinski definition) is 4. The number of carbonyl (C=O) groups is 2. The lowest BCUT2D eigenvalue weighted by Gasteiger charge is -2.24. The van der Waals surface area contributed by atoms with Crippen molar-refractivity contribution in [2.45, 2.75) is 11.8 Å². The highest BCUT2D eigenvalue weighted by Gasteiger charge is 2.28. The lowest BCUT2D eigenvalue weighted by atomic mass is 10.0. The van der Waals surface area contributed by atoms with E-state index in [1.54, 1.807) is 60.7 Å². The number of sulfonamides is 1. The fourth-order valence-electron chi connectivity index (χ4n) is 3.64. The van der Waals surface area contributed by atoms with E-state index in [0.717, 1.165) is 9.87 Å². The number of benzene rings is 4. The van der Waals surface area contributed by atoms with Crippen LogP contribution in [0.4, 0.5) is 11.4 Å². The van der Waals surface area contributed by atoms with Crippen molar-refractivity contribution in [3.8, 4) is 0 Å². The minimum atomic E-state index is -4.12. The van der Waals surface area contributed by atoms with Crippen molar-refractivity contribution < 1.29 is 18.0 Å². The lowest BCUT2D eigenvalue weighted by Crippen LogP contribution is -2.38. The summed E-state index contributed by atoms with van der Waals surface area (Å²) in [5.74, 6) is -0.967. The SMILES string of the molecule is Cc1ccc(N(CC(=O)Nc2ccc(Cl)cc2C(=O)c2ccccc2)S(=O)(=O)c2ccc(Cl)cc2)cc1. The van der Waals surface area contributed by atoms with E-state index in [-0.39, 0.29) is 21.9 Å². The molecule has 4 aromatic rings. The first kappa shape index (κ1) is 26.4. The zero-order chi connectivity index (χ0) is 26.6. The van der Waals surface area contributed by atoms with Crippen molar-refractivity contribution in [2.24, 2.45) is 0 Å². The molecule has 188 valence electrons. The van der Waals surface area contributed by atoms with Crippen LogP contribution in [0, 0.1) is 6.92 Å². The standard InChI is InChI=1S/C28H22Cl2N2O4S/c1-19-7-12-23(13-8-19)32(37(35,36)24-14-9-21(29)10-15-24)18-27(33)31-26-16-11-22(30)17-25(26)28(34)20-5-3-2-4-6-20/h2-17H,18H2,1H3,(H,31,33). The average Bonchev–Trinajstić information content (AvgIpc) is 2.89. The van der Waals surface area contributed by atoms with Crippen LogP contribution in [-0.4, -0.2) is 26.7 Å². The molecule has 4 aromatic carbocycles. The third-order valence-electron chi connectivity index (χ3n) is 5.55. The Kier molecular flexibility index (Phi) is 7.97. The van der Waals surface area contributed by atoms with E-state index < -0.39 is 22.5 Å². The van der Waals surface area contributed by atoms with E-state index in [1.165, 1.54) is 36.4 Å². The molecule has 0 bridgehead atoms. The Balaban J connectivity index is 1.67. The highest BCUT2D eigenvalue weighted by Crippen LogP contribution is 2.27. The van der Waals surface area contributed by atoms with E-state index in [1.807, 2.05) is 6.92 Å². The number of ketones is 1. The van der Waals surface area contributed by atoms with Gasteiger partial charge in [-0.05, 0) is 61.5 Å². The van der Waals surface area contributed by atoms with Gasteiger partial charge in [-0.3, -0.25) is 13.9 Å². The van der Waals surface area contributed by atoms with Crippen LogP contribution >= 0.6 is 23.2 Å². The van der Waals surface area contributed by atoms with Crippen molar-refractivity contribution in [1.82, 2.24) is 0 Å². The number of anilines is 2.